The average Bonchev–Trinajstić information content (AvgIpc) is 2.50. The van der Waals surface area contributed by atoms with E-state index < -0.39 is 0 Å². The molecule has 1 aromatic rings. The number of para-hydroxylation sites is 1. The predicted molar refractivity (Wildman–Crippen MR) is 95.5 cm³/mol. The lowest BCUT2D eigenvalue weighted by Gasteiger charge is -2.34. The van der Waals surface area contributed by atoms with Crippen LogP contribution in [0.2, 0.25) is 0 Å². The van der Waals surface area contributed by atoms with Crippen LogP contribution in [0.3, 0.4) is 0 Å². The van der Waals surface area contributed by atoms with Crippen LogP contribution < -0.4 is 10.6 Å². The van der Waals surface area contributed by atoms with Crippen molar-refractivity contribution in [3.63, 3.8) is 0 Å². The number of amides is 1. The molecule has 1 saturated heterocycles. The van der Waals surface area contributed by atoms with E-state index in [9.17, 15) is 4.79 Å². The van der Waals surface area contributed by atoms with Crippen LogP contribution in [0.4, 0.5) is 5.69 Å². The first kappa shape index (κ1) is 16.7. The third kappa shape index (κ3) is 5.23. The van der Waals surface area contributed by atoms with Crippen LogP contribution in [0.15, 0.2) is 24.3 Å². The molecule has 1 atom stereocenters. The summed E-state index contributed by atoms with van der Waals surface area (Å²) in [5.41, 5.74) is 0.904. The third-order valence-electron chi connectivity index (χ3n) is 3.79. The number of carbonyl (C=O) groups is 1. The van der Waals surface area contributed by atoms with Gasteiger partial charge in [-0.3, -0.25) is 9.69 Å². The van der Waals surface area contributed by atoms with Crippen LogP contribution in [0.5, 0.6) is 0 Å². The van der Waals surface area contributed by atoms with Crippen molar-refractivity contribution in [3.05, 3.63) is 27.8 Å². The Balaban J connectivity index is 1.93. The smallest absolute Gasteiger partial charge is 0.238 e. The number of hydrogen-bond donors (Lipinski definition) is 2. The predicted octanol–water partition coefficient (Wildman–Crippen LogP) is 2.69. The fourth-order valence-electron chi connectivity index (χ4n) is 2.76. The number of carbonyl (C=O) groups excluding carboxylic acids is 1. The Morgan fingerprint density at radius 1 is 1.48 bits per heavy atom. The summed E-state index contributed by atoms with van der Waals surface area (Å²) in [7, 11) is 0. The van der Waals surface area contributed by atoms with E-state index in [4.69, 9.17) is 0 Å². The number of nitrogens with zero attached hydrogens (tertiary/aromatic N) is 1. The van der Waals surface area contributed by atoms with Crippen LogP contribution in [-0.2, 0) is 4.79 Å². The normalized spacial score (nSPS) is 18.7. The minimum atomic E-state index is 0.0816. The molecular weight excluding hydrogens is 377 g/mol. The van der Waals surface area contributed by atoms with Gasteiger partial charge in [-0.15, -0.1) is 0 Å². The summed E-state index contributed by atoms with van der Waals surface area (Å²) < 4.78 is 1.07. The minimum Gasteiger partial charge on any atom is -0.324 e. The number of rotatable bonds is 6. The molecule has 1 heterocycles. The molecule has 2 N–H and O–H groups in total. The molecule has 4 nitrogen and oxygen atoms in total. The van der Waals surface area contributed by atoms with Gasteiger partial charge >= 0.3 is 0 Å². The maximum Gasteiger partial charge on any atom is 0.238 e. The van der Waals surface area contributed by atoms with E-state index in [2.05, 4.69) is 45.0 Å². The first-order chi connectivity index (χ1) is 10.2. The second kappa shape index (κ2) is 8.70. The zero-order valence-corrected chi connectivity index (χ0v) is 14.7. The fraction of sp³-hybridized carbons (Fsp3) is 0.562. The summed E-state index contributed by atoms with van der Waals surface area (Å²) in [5.74, 6) is 0.0816. The van der Waals surface area contributed by atoms with E-state index in [-0.39, 0.29) is 5.91 Å². The fourth-order valence-corrected chi connectivity index (χ4v) is 3.28. The number of benzene rings is 1. The highest BCUT2D eigenvalue weighted by Gasteiger charge is 2.22. The Hall–Kier alpha value is -0.660. The topological polar surface area (TPSA) is 44.4 Å². The number of anilines is 1. The largest absolute Gasteiger partial charge is 0.324 e. The summed E-state index contributed by atoms with van der Waals surface area (Å²) in [4.78, 5) is 14.6. The summed E-state index contributed by atoms with van der Waals surface area (Å²) in [6.07, 6.45) is 3.46. The quantitative estimate of drug-likeness (QED) is 0.721. The Morgan fingerprint density at radius 3 is 2.95 bits per heavy atom. The molecule has 1 amide bonds. The summed E-state index contributed by atoms with van der Waals surface area (Å²) in [6, 6.07) is 8.37. The highest BCUT2D eigenvalue weighted by atomic mass is 127. The monoisotopic (exact) mass is 401 g/mol. The molecule has 1 aliphatic heterocycles. The molecule has 0 bridgehead atoms. The molecule has 116 valence electrons. The maximum atomic E-state index is 12.3. The van der Waals surface area contributed by atoms with Gasteiger partial charge in [0.25, 0.3) is 0 Å². The van der Waals surface area contributed by atoms with Crippen molar-refractivity contribution in [2.75, 3.05) is 31.5 Å². The Labute approximate surface area is 140 Å². The molecule has 1 aromatic carbocycles. The SMILES string of the molecule is CCCN(CC(=O)Nc1ccccc1I)C1CCCNC1. The maximum absolute atomic E-state index is 12.3. The van der Waals surface area contributed by atoms with Gasteiger partial charge in [-0.05, 0) is 67.1 Å². The molecule has 0 aromatic heterocycles. The molecule has 5 heteroatoms. The Bertz CT molecular complexity index is 461. The first-order valence-electron chi connectivity index (χ1n) is 7.70. The van der Waals surface area contributed by atoms with Gasteiger partial charge in [-0.25, -0.2) is 0 Å². The zero-order chi connectivity index (χ0) is 15.1. The third-order valence-corrected chi connectivity index (χ3v) is 4.73. The highest BCUT2D eigenvalue weighted by molar-refractivity contribution is 14.1. The summed E-state index contributed by atoms with van der Waals surface area (Å²) in [5, 5.41) is 6.46. The number of nitrogens with one attached hydrogen (secondary N) is 2. The van der Waals surface area contributed by atoms with Crippen molar-refractivity contribution in [1.29, 1.82) is 0 Å². The minimum absolute atomic E-state index is 0.0816. The van der Waals surface area contributed by atoms with Crippen LogP contribution in [-0.4, -0.2) is 43.0 Å². The van der Waals surface area contributed by atoms with E-state index in [1.165, 1.54) is 12.8 Å². The molecule has 1 fully saturated rings. The van der Waals surface area contributed by atoms with E-state index >= 15 is 0 Å². The van der Waals surface area contributed by atoms with E-state index in [0.717, 1.165) is 35.3 Å². The molecule has 2 rings (SSSR count). The number of halogens is 1. The number of piperidine rings is 1. The van der Waals surface area contributed by atoms with E-state index in [1.54, 1.807) is 0 Å². The van der Waals surface area contributed by atoms with Crippen LogP contribution >= 0.6 is 22.6 Å². The molecular formula is C16H24IN3O. The first-order valence-corrected chi connectivity index (χ1v) is 8.77. The van der Waals surface area contributed by atoms with Gasteiger partial charge in [-0.2, -0.15) is 0 Å². The van der Waals surface area contributed by atoms with Gasteiger partial charge in [0.05, 0.1) is 12.2 Å². The average molecular weight is 401 g/mol. The molecule has 1 unspecified atom stereocenters. The van der Waals surface area contributed by atoms with E-state index in [0.29, 0.717) is 12.6 Å². The Morgan fingerprint density at radius 2 is 2.29 bits per heavy atom. The van der Waals surface area contributed by atoms with Crippen molar-refractivity contribution in [2.45, 2.75) is 32.2 Å². The van der Waals surface area contributed by atoms with Gasteiger partial charge in [0, 0.05) is 16.2 Å². The highest BCUT2D eigenvalue weighted by Crippen LogP contribution is 2.17. The lowest BCUT2D eigenvalue weighted by atomic mass is 10.1. The van der Waals surface area contributed by atoms with E-state index in [1.807, 2.05) is 24.3 Å². The molecule has 0 saturated carbocycles. The van der Waals surface area contributed by atoms with Crippen molar-refractivity contribution >= 4 is 34.2 Å². The van der Waals surface area contributed by atoms with Crippen LogP contribution in [0.25, 0.3) is 0 Å². The van der Waals surface area contributed by atoms with Crippen molar-refractivity contribution in [1.82, 2.24) is 10.2 Å². The summed E-state index contributed by atoms with van der Waals surface area (Å²) in [6.45, 7) is 5.72. The second-order valence-corrected chi connectivity index (χ2v) is 6.66. The van der Waals surface area contributed by atoms with Crippen molar-refractivity contribution in [3.8, 4) is 0 Å². The standard InChI is InChI=1S/C16H24IN3O/c1-2-10-20(13-6-5-9-18-11-13)12-16(21)19-15-8-4-3-7-14(15)17/h3-4,7-8,13,18H,2,5-6,9-12H2,1H3,(H,19,21). The van der Waals surface area contributed by atoms with Gasteiger partial charge < -0.3 is 10.6 Å². The van der Waals surface area contributed by atoms with Crippen LogP contribution in [0, 0.1) is 3.57 Å². The molecule has 0 spiro atoms. The van der Waals surface area contributed by atoms with Gasteiger partial charge in [-0.1, -0.05) is 19.1 Å². The van der Waals surface area contributed by atoms with Gasteiger partial charge in [0.1, 0.15) is 0 Å². The second-order valence-electron chi connectivity index (χ2n) is 5.50. The molecule has 1 aliphatic rings. The van der Waals surface area contributed by atoms with Crippen molar-refractivity contribution < 1.29 is 4.79 Å². The zero-order valence-electron chi connectivity index (χ0n) is 12.6. The number of hydrogen-bond acceptors (Lipinski definition) is 3. The van der Waals surface area contributed by atoms with Gasteiger partial charge in [0.15, 0.2) is 0 Å². The van der Waals surface area contributed by atoms with Crippen molar-refractivity contribution in [2.24, 2.45) is 0 Å². The molecule has 21 heavy (non-hydrogen) atoms. The summed E-state index contributed by atoms with van der Waals surface area (Å²) >= 11 is 2.25. The molecule has 0 radical (unpaired) electrons. The van der Waals surface area contributed by atoms with Gasteiger partial charge in [0.2, 0.25) is 5.91 Å². The van der Waals surface area contributed by atoms with Crippen LogP contribution in [0.1, 0.15) is 26.2 Å². The lowest BCUT2D eigenvalue weighted by molar-refractivity contribution is -0.118. The lowest BCUT2D eigenvalue weighted by Crippen LogP contribution is -2.48. The molecule has 0 aliphatic carbocycles. The Kier molecular flexibility index (Phi) is 6.92.